The second-order valence-corrected chi connectivity index (χ2v) is 5.22. The fourth-order valence-corrected chi connectivity index (χ4v) is 2.22. The standard InChI is InChI=1S/C15H14F2N6O/c1-7(8-2-3-10(16)11(17)4-8)20-15(24)21-13-5-12-9(6-19-13)14(18)23-22-12/h2-7H,1H3,(H3,18,22,23)(H2,19,20,21,24). The van der Waals surface area contributed by atoms with Gasteiger partial charge in [0.2, 0.25) is 0 Å². The van der Waals surface area contributed by atoms with Crippen LogP contribution in [0.15, 0.2) is 30.5 Å². The Morgan fingerprint density at radius 2 is 2.08 bits per heavy atom. The summed E-state index contributed by atoms with van der Waals surface area (Å²) in [5.41, 5.74) is 6.71. The van der Waals surface area contributed by atoms with Crippen LogP contribution in [-0.2, 0) is 0 Å². The Morgan fingerprint density at radius 3 is 2.83 bits per heavy atom. The van der Waals surface area contributed by atoms with Crippen molar-refractivity contribution >= 4 is 28.6 Å². The van der Waals surface area contributed by atoms with Gasteiger partial charge < -0.3 is 11.1 Å². The number of nitrogens with one attached hydrogen (secondary N) is 3. The van der Waals surface area contributed by atoms with Crippen LogP contribution < -0.4 is 16.4 Å². The summed E-state index contributed by atoms with van der Waals surface area (Å²) in [5, 5.41) is 12.4. The van der Waals surface area contributed by atoms with Gasteiger partial charge in [0.05, 0.1) is 16.9 Å². The average molecular weight is 332 g/mol. The largest absolute Gasteiger partial charge is 0.382 e. The number of H-pyrrole nitrogens is 1. The third-order valence-electron chi connectivity index (χ3n) is 3.51. The molecule has 0 aliphatic rings. The van der Waals surface area contributed by atoms with E-state index in [0.717, 1.165) is 12.1 Å². The summed E-state index contributed by atoms with van der Waals surface area (Å²) in [6, 6.07) is 3.98. The monoisotopic (exact) mass is 332 g/mol. The molecular weight excluding hydrogens is 318 g/mol. The molecule has 2 aromatic heterocycles. The van der Waals surface area contributed by atoms with E-state index in [1.54, 1.807) is 13.0 Å². The first kappa shape index (κ1) is 15.7. The lowest BCUT2D eigenvalue weighted by atomic mass is 10.1. The molecule has 7 nitrogen and oxygen atoms in total. The van der Waals surface area contributed by atoms with E-state index in [1.807, 2.05) is 0 Å². The van der Waals surface area contributed by atoms with Gasteiger partial charge in [-0.25, -0.2) is 18.6 Å². The third-order valence-corrected chi connectivity index (χ3v) is 3.51. The van der Waals surface area contributed by atoms with Crippen molar-refractivity contribution in [3.05, 3.63) is 47.7 Å². The van der Waals surface area contributed by atoms with Crippen molar-refractivity contribution in [1.82, 2.24) is 20.5 Å². The number of urea groups is 1. The van der Waals surface area contributed by atoms with E-state index in [1.165, 1.54) is 12.3 Å². The van der Waals surface area contributed by atoms with Crippen LogP contribution >= 0.6 is 0 Å². The van der Waals surface area contributed by atoms with Crippen LogP contribution in [0.2, 0.25) is 0 Å². The van der Waals surface area contributed by atoms with Crippen LogP contribution in [0.3, 0.4) is 0 Å². The lowest BCUT2D eigenvalue weighted by Gasteiger charge is -2.15. The van der Waals surface area contributed by atoms with Gasteiger partial charge in [0.1, 0.15) is 5.82 Å². The first-order chi connectivity index (χ1) is 11.4. The number of rotatable bonds is 3. The van der Waals surface area contributed by atoms with Gasteiger partial charge in [-0.3, -0.25) is 10.4 Å². The maximum atomic E-state index is 13.2. The molecule has 0 aliphatic heterocycles. The van der Waals surface area contributed by atoms with Crippen molar-refractivity contribution in [3.63, 3.8) is 0 Å². The molecule has 3 rings (SSSR count). The number of nitrogens with zero attached hydrogens (tertiary/aromatic N) is 2. The number of aromatic nitrogens is 3. The first-order valence-corrected chi connectivity index (χ1v) is 7.06. The minimum absolute atomic E-state index is 0.293. The number of anilines is 2. The van der Waals surface area contributed by atoms with E-state index in [4.69, 9.17) is 5.73 Å². The van der Waals surface area contributed by atoms with E-state index in [9.17, 15) is 13.6 Å². The minimum Gasteiger partial charge on any atom is -0.382 e. The minimum atomic E-state index is -0.967. The van der Waals surface area contributed by atoms with Gasteiger partial charge in [0.15, 0.2) is 17.5 Å². The van der Waals surface area contributed by atoms with Gasteiger partial charge >= 0.3 is 6.03 Å². The number of hydrogen-bond donors (Lipinski definition) is 4. The second-order valence-electron chi connectivity index (χ2n) is 5.22. The molecule has 1 aromatic carbocycles. The fraction of sp³-hybridized carbons (Fsp3) is 0.133. The summed E-state index contributed by atoms with van der Waals surface area (Å²) >= 11 is 0. The normalized spacial score (nSPS) is 12.1. The number of nitrogens with two attached hydrogens (primary N) is 1. The summed E-state index contributed by atoms with van der Waals surface area (Å²) < 4.78 is 26.2. The van der Waals surface area contributed by atoms with E-state index in [2.05, 4.69) is 25.8 Å². The van der Waals surface area contributed by atoms with Crippen LogP contribution in [0, 0.1) is 11.6 Å². The highest BCUT2D eigenvalue weighted by Crippen LogP contribution is 2.19. The molecule has 0 spiro atoms. The number of halogens is 2. The Kier molecular flexibility index (Phi) is 3.98. The highest BCUT2D eigenvalue weighted by Gasteiger charge is 2.13. The molecule has 0 saturated heterocycles. The molecule has 9 heteroatoms. The van der Waals surface area contributed by atoms with Crippen molar-refractivity contribution in [2.75, 3.05) is 11.1 Å². The number of nitrogen functional groups attached to an aromatic ring is 1. The molecule has 2 amide bonds. The third kappa shape index (κ3) is 3.09. The van der Waals surface area contributed by atoms with E-state index >= 15 is 0 Å². The number of carbonyl (C=O) groups excluding carboxylic acids is 1. The van der Waals surface area contributed by atoms with E-state index in [0.29, 0.717) is 28.1 Å². The van der Waals surface area contributed by atoms with Crippen LogP contribution in [-0.4, -0.2) is 21.2 Å². The molecule has 1 unspecified atom stereocenters. The number of aromatic amines is 1. The molecule has 0 bridgehead atoms. The van der Waals surface area contributed by atoms with Gasteiger partial charge in [0.25, 0.3) is 0 Å². The van der Waals surface area contributed by atoms with Crippen LogP contribution in [0.1, 0.15) is 18.5 Å². The molecule has 0 aliphatic carbocycles. The van der Waals surface area contributed by atoms with Crippen molar-refractivity contribution in [2.45, 2.75) is 13.0 Å². The zero-order valence-electron chi connectivity index (χ0n) is 12.6. The molecule has 1 atom stereocenters. The molecule has 5 N–H and O–H groups in total. The van der Waals surface area contributed by atoms with Crippen molar-refractivity contribution in [1.29, 1.82) is 0 Å². The summed E-state index contributed by atoms with van der Waals surface area (Å²) in [4.78, 5) is 16.1. The molecule has 0 fully saturated rings. The zero-order chi connectivity index (χ0) is 17.3. The first-order valence-electron chi connectivity index (χ1n) is 7.06. The molecule has 24 heavy (non-hydrogen) atoms. The summed E-state index contributed by atoms with van der Waals surface area (Å²) in [7, 11) is 0. The molecule has 0 saturated carbocycles. The number of fused-ring (bicyclic) bond motifs is 1. The maximum Gasteiger partial charge on any atom is 0.320 e. The highest BCUT2D eigenvalue weighted by molar-refractivity contribution is 5.93. The average Bonchev–Trinajstić information content (AvgIpc) is 2.90. The Labute approximate surface area is 135 Å². The molecule has 3 aromatic rings. The predicted molar refractivity (Wildman–Crippen MR) is 85.2 cm³/mol. The summed E-state index contributed by atoms with van der Waals surface area (Å²) in [5.74, 6) is -1.29. The van der Waals surface area contributed by atoms with Gasteiger partial charge in [-0.2, -0.15) is 5.10 Å². The van der Waals surface area contributed by atoms with Gasteiger partial charge in [-0.1, -0.05) is 6.07 Å². The fourth-order valence-electron chi connectivity index (χ4n) is 2.22. The molecule has 0 radical (unpaired) electrons. The van der Waals surface area contributed by atoms with Crippen molar-refractivity contribution in [3.8, 4) is 0 Å². The van der Waals surface area contributed by atoms with Gasteiger partial charge in [0, 0.05) is 12.3 Å². The Balaban J connectivity index is 1.68. The van der Waals surface area contributed by atoms with Gasteiger partial charge in [-0.05, 0) is 24.6 Å². The summed E-state index contributed by atoms with van der Waals surface area (Å²) in [6.45, 7) is 1.65. The lowest BCUT2D eigenvalue weighted by Crippen LogP contribution is -2.31. The van der Waals surface area contributed by atoms with Crippen LogP contribution in [0.25, 0.3) is 10.9 Å². The summed E-state index contributed by atoms with van der Waals surface area (Å²) in [6.07, 6.45) is 1.49. The number of hydrogen-bond acceptors (Lipinski definition) is 4. The van der Waals surface area contributed by atoms with Gasteiger partial charge in [-0.15, -0.1) is 0 Å². The Bertz CT molecular complexity index is 910. The lowest BCUT2D eigenvalue weighted by molar-refractivity contribution is 0.249. The molecule has 2 heterocycles. The van der Waals surface area contributed by atoms with Crippen molar-refractivity contribution < 1.29 is 13.6 Å². The Morgan fingerprint density at radius 1 is 1.29 bits per heavy atom. The SMILES string of the molecule is CC(NC(=O)Nc1cc2[nH]nc(N)c2cn1)c1ccc(F)c(F)c1. The second kappa shape index (κ2) is 6.11. The van der Waals surface area contributed by atoms with Crippen molar-refractivity contribution in [2.24, 2.45) is 0 Å². The number of pyridine rings is 1. The number of carbonyl (C=O) groups is 1. The zero-order valence-corrected chi connectivity index (χ0v) is 12.6. The maximum absolute atomic E-state index is 13.2. The predicted octanol–water partition coefficient (Wildman–Crippen LogP) is 2.70. The Hall–Kier alpha value is -3.23. The van der Waals surface area contributed by atoms with E-state index in [-0.39, 0.29) is 0 Å². The quantitative estimate of drug-likeness (QED) is 0.591. The molecular formula is C15H14F2N6O. The topological polar surface area (TPSA) is 109 Å². The molecule has 124 valence electrons. The number of benzene rings is 1. The van der Waals surface area contributed by atoms with E-state index < -0.39 is 23.7 Å². The van der Waals surface area contributed by atoms with Crippen LogP contribution in [0.5, 0.6) is 0 Å². The highest BCUT2D eigenvalue weighted by atomic mass is 19.2. The smallest absolute Gasteiger partial charge is 0.320 e. The van der Waals surface area contributed by atoms with Crippen LogP contribution in [0.4, 0.5) is 25.2 Å². The number of amides is 2.